The predicted molar refractivity (Wildman–Crippen MR) is 69.0 cm³/mol. The molecule has 2 amide bonds. The van der Waals surface area contributed by atoms with Crippen molar-refractivity contribution < 1.29 is 9.90 Å². The summed E-state index contributed by atoms with van der Waals surface area (Å²) >= 11 is 0. The van der Waals surface area contributed by atoms with Crippen molar-refractivity contribution in [1.29, 1.82) is 0 Å². The normalized spacial score (nSPS) is 10.3. The second kappa shape index (κ2) is 4.40. The summed E-state index contributed by atoms with van der Waals surface area (Å²) in [5.74, 6) is -0.139. The molecule has 0 aliphatic rings. The number of aromatic hydroxyl groups is 1. The number of aromatic amines is 1. The minimum Gasteiger partial charge on any atom is -0.494 e. The number of hydrogen-bond acceptors (Lipinski definition) is 3. The van der Waals surface area contributed by atoms with E-state index in [1.165, 1.54) is 7.05 Å². The molecule has 2 aromatic rings. The molecule has 2 rings (SSSR count). The molecule has 4 N–H and O–H groups in total. The van der Waals surface area contributed by atoms with Gasteiger partial charge in [0.25, 0.3) is 5.56 Å². The topological polar surface area (TPSA) is 94.2 Å². The number of nitrogens with one attached hydrogen (secondary N) is 3. The number of fused-ring (bicyclic) bond motifs is 1. The zero-order valence-corrected chi connectivity index (χ0v) is 10.00. The number of anilines is 1. The quantitative estimate of drug-likeness (QED) is 0.611. The second-order valence-electron chi connectivity index (χ2n) is 3.89. The number of carbonyl (C=O) groups is 1. The van der Waals surface area contributed by atoms with Crippen LogP contribution in [0.25, 0.3) is 10.8 Å². The molecule has 6 nitrogen and oxygen atoms in total. The van der Waals surface area contributed by atoms with Crippen LogP contribution in [-0.4, -0.2) is 23.2 Å². The van der Waals surface area contributed by atoms with Crippen molar-refractivity contribution in [3.8, 4) is 5.88 Å². The number of amides is 2. The summed E-state index contributed by atoms with van der Waals surface area (Å²) in [6.07, 6.45) is 0. The van der Waals surface area contributed by atoms with Gasteiger partial charge in [-0.2, -0.15) is 0 Å². The number of H-pyrrole nitrogens is 1. The van der Waals surface area contributed by atoms with Gasteiger partial charge in [0.2, 0.25) is 0 Å². The highest BCUT2D eigenvalue weighted by molar-refractivity contribution is 5.94. The largest absolute Gasteiger partial charge is 0.494 e. The maximum atomic E-state index is 11.7. The van der Waals surface area contributed by atoms with E-state index in [4.69, 9.17) is 0 Å². The Morgan fingerprint density at radius 2 is 2.06 bits per heavy atom. The Morgan fingerprint density at radius 3 is 2.72 bits per heavy atom. The average Bonchev–Trinajstić information content (AvgIpc) is 2.36. The lowest BCUT2D eigenvalue weighted by Crippen LogP contribution is -2.24. The van der Waals surface area contributed by atoms with Crippen molar-refractivity contribution in [2.45, 2.75) is 6.92 Å². The Kier molecular flexibility index (Phi) is 2.93. The van der Waals surface area contributed by atoms with Gasteiger partial charge in [-0.3, -0.25) is 9.78 Å². The van der Waals surface area contributed by atoms with Crippen LogP contribution in [0.5, 0.6) is 5.88 Å². The molecule has 6 heteroatoms. The third-order valence-electron chi connectivity index (χ3n) is 2.74. The number of aryl methyl sites for hydroxylation is 1. The van der Waals surface area contributed by atoms with E-state index in [1.807, 2.05) is 0 Å². The number of carbonyl (C=O) groups excluding carboxylic acids is 1. The summed E-state index contributed by atoms with van der Waals surface area (Å²) in [5.41, 5.74) is 0.710. The van der Waals surface area contributed by atoms with Gasteiger partial charge in [0.15, 0.2) is 5.88 Å². The molecule has 0 bridgehead atoms. The maximum Gasteiger partial charge on any atom is 0.318 e. The van der Waals surface area contributed by atoms with Crippen LogP contribution < -0.4 is 16.2 Å². The molecule has 0 saturated heterocycles. The van der Waals surface area contributed by atoms with Gasteiger partial charge < -0.3 is 15.7 Å². The lowest BCUT2D eigenvalue weighted by atomic mass is 10.1. The third kappa shape index (κ3) is 2.00. The van der Waals surface area contributed by atoms with E-state index in [2.05, 4.69) is 15.6 Å². The molecule has 1 aromatic carbocycles. The van der Waals surface area contributed by atoms with E-state index in [9.17, 15) is 14.7 Å². The summed E-state index contributed by atoms with van der Waals surface area (Å²) in [5, 5.41) is 15.6. The van der Waals surface area contributed by atoms with E-state index in [0.717, 1.165) is 0 Å². The SMILES string of the molecule is CNC(=O)Nc1ccc2c(C)c(O)[nH]c(=O)c2c1. The fraction of sp³-hybridized carbons (Fsp3) is 0.167. The molecule has 0 radical (unpaired) electrons. The number of aromatic nitrogens is 1. The molecule has 1 heterocycles. The highest BCUT2D eigenvalue weighted by atomic mass is 16.3. The summed E-state index contributed by atoms with van der Waals surface area (Å²) in [6.45, 7) is 1.71. The van der Waals surface area contributed by atoms with Crippen molar-refractivity contribution in [3.63, 3.8) is 0 Å². The van der Waals surface area contributed by atoms with Gasteiger partial charge in [0.1, 0.15) is 0 Å². The van der Waals surface area contributed by atoms with Gasteiger partial charge >= 0.3 is 6.03 Å². The van der Waals surface area contributed by atoms with Crippen LogP contribution in [0.1, 0.15) is 5.56 Å². The molecule has 0 aliphatic carbocycles. The van der Waals surface area contributed by atoms with Crippen molar-refractivity contribution in [2.24, 2.45) is 0 Å². The molecule has 0 fully saturated rings. The van der Waals surface area contributed by atoms with E-state index in [-0.39, 0.29) is 11.9 Å². The molecular weight excluding hydrogens is 234 g/mol. The zero-order valence-electron chi connectivity index (χ0n) is 10.00. The fourth-order valence-corrected chi connectivity index (χ4v) is 1.73. The Bertz CT molecular complexity index is 676. The van der Waals surface area contributed by atoms with E-state index in [0.29, 0.717) is 22.0 Å². The van der Waals surface area contributed by atoms with Gasteiger partial charge in [0, 0.05) is 23.7 Å². The smallest absolute Gasteiger partial charge is 0.318 e. The van der Waals surface area contributed by atoms with Gasteiger partial charge in [-0.25, -0.2) is 4.79 Å². The molecule has 18 heavy (non-hydrogen) atoms. The molecule has 0 spiro atoms. The molecule has 0 saturated carbocycles. The van der Waals surface area contributed by atoms with Crippen LogP contribution in [0.15, 0.2) is 23.0 Å². The average molecular weight is 247 g/mol. The Labute approximate surface area is 103 Å². The van der Waals surface area contributed by atoms with Crippen LogP contribution in [-0.2, 0) is 0 Å². The zero-order chi connectivity index (χ0) is 13.3. The maximum absolute atomic E-state index is 11.7. The molecular formula is C12H13N3O3. The Balaban J connectivity index is 2.59. The van der Waals surface area contributed by atoms with Gasteiger partial charge in [-0.05, 0) is 24.4 Å². The van der Waals surface area contributed by atoms with Crippen LogP contribution in [0.2, 0.25) is 0 Å². The molecule has 0 atom stereocenters. The molecule has 0 aliphatic heterocycles. The first-order valence-corrected chi connectivity index (χ1v) is 5.37. The summed E-state index contributed by atoms with van der Waals surface area (Å²) in [7, 11) is 1.51. The minimum absolute atomic E-state index is 0.139. The van der Waals surface area contributed by atoms with Crippen LogP contribution in [0.4, 0.5) is 10.5 Å². The second-order valence-corrected chi connectivity index (χ2v) is 3.89. The van der Waals surface area contributed by atoms with Crippen molar-refractivity contribution in [3.05, 3.63) is 34.1 Å². The van der Waals surface area contributed by atoms with Crippen molar-refractivity contribution >= 4 is 22.5 Å². The van der Waals surface area contributed by atoms with Crippen LogP contribution in [0.3, 0.4) is 0 Å². The van der Waals surface area contributed by atoms with Crippen LogP contribution >= 0.6 is 0 Å². The van der Waals surface area contributed by atoms with Gasteiger partial charge in [0.05, 0.1) is 0 Å². The minimum atomic E-state index is -0.395. The van der Waals surface area contributed by atoms with Gasteiger partial charge in [-0.15, -0.1) is 0 Å². The lowest BCUT2D eigenvalue weighted by Gasteiger charge is -2.07. The van der Waals surface area contributed by atoms with E-state index >= 15 is 0 Å². The molecule has 0 unspecified atom stereocenters. The Hall–Kier alpha value is -2.50. The van der Waals surface area contributed by atoms with E-state index < -0.39 is 5.56 Å². The standard InChI is InChI=1S/C12H13N3O3/c1-6-8-4-3-7(14-12(18)13-2)5-9(8)11(17)15-10(6)16/h3-5H,1-2H3,(H2,13,14,18)(H2,15,16,17). The van der Waals surface area contributed by atoms with Crippen molar-refractivity contribution in [2.75, 3.05) is 12.4 Å². The molecule has 1 aromatic heterocycles. The monoisotopic (exact) mass is 247 g/mol. The lowest BCUT2D eigenvalue weighted by molar-refractivity contribution is 0.254. The first-order chi connectivity index (χ1) is 8.52. The fourth-order valence-electron chi connectivity index (χ4n) is 1.73. The number of pyridine rings is 1. The number of benzene rings is 1. The number of urea groups is 1. The van der Waals surface area contributed by atoms with E-state index in [1.54, 1.807) is 25.1 Å². The summed E-state index contributed by atoms with van der Waals surface area (Å²) < 4.78 is 0. The highest BCUT2D eigenvalue weighted by Gasteiger charge is 2.08. The first kappa shape index (κ1) is 12.0. The summed E-state index contributed by atoms with van der Waals surface area (Å²) in [6, 6.07) is 4.56. The van der Waals surface area contributed by atoms with Crippen molar-refractivity contribution in [1.82, 2.24) is 10.3 Å². The first-order valence-electron chi connectivity index (χ1n) is 5.37. The Morgan fingerprint density at radius 1 is 1.33 bits per heavy atom. The number of rotatable bonds is 1. The third-order valence-corrected chi connectivity index (χ3v) is 2.74. The molecule has 94 valence electrons. The van der Waals surface area contributed by atoms with Gasteiger partial charge in [-0.1, -0.05) is 6.07 Å². The highest BCUT2D eigenvalue weighted by Crippen LogP contribution is 2.23. The summed E-state index contributed by atoms with van der Waals surface area (Å²) in [4.78, 5) is 25.2. The predicted octanol–water partition coefficient (Wildman–Crippen LogP) is 1.29. The number of hydrogen-bond donors (Lipinski definition) is 4. The van der Waals surface area contributed by atoms with Crippen LogP contribution in [0, 0.1) is 6.92 Å².